The van der Waals surface area contributed by atoms with Gasteiger partial charge in [-0.25, -0.2) is 0 Å². The van der Waals surface area contributed by atoms with Crippen molar-refractivity contribution in [3.05, 3.63) is 133 Å². The summed E-state index contributed by atoms with van der Waals surface area (Å²) >= 11 is 0. The smallest absolute Gasteiger partial charge is 0.00264 e. The number of hydrogen-bond acceptors (Lipinski definition) is 0. The third-order valence-corrected chi connectivity index (χ3v) is 5.72. The summed E-state index contributed by atoms with van der Waals surface area (Å²) in [6, 6.07) is 45.6. The Bertz CT molecular complexity index is 1300. The van der Waals surface area contributed by atoms with Crippen molar-refractivity contribution in [1.82, 2.24) is 0 Å². The zero-order chi connectivity index (χ0) is 21.0. The Labute approximate surface area is 184 Å². The molecule has 0 aliphatic carbocycles. The van der Waals surface area contributed by atoms with Crippen LogP contribution in [-0.2, 0) is 0 Å². The summed E-state index contributed by atoms with van der Waals surface area (Å²) in [7, 11) is 0. The normalized spacial score (nSPS) is 10.7. The summed E-state index contributed by atoms with van der Waals surface area (Å²) in [6.07, 6.45) is 0. The molecule has 0 aromatic heterocycles. The van der Waals surface area contributed by atoms with E-state index in [-0.39, 0.29) is 0 Å². The second-order valence-electron chi connectivity index (χ2n) is 7.91. The van der Waals surface area contributed by atoms with Gasteiger partial charge in [0.25, 0.3) is 0 Å². The lowest BCUT2D eigenvalue weighted by atomic mass is 9.84. The highest BCUT2D eigenvalue weighted by atomic mass is 14.2. The van der Waals surface area contributed by atoms with E-state index in [9.17, 15) is 0 Å². The predicted molar refractivity (Wildman–Crippen MR) is 133 cm³/mol. The number of rotatable bonds is 4. The van der Waals surface area contributed by atoms with Gasteiger partial charge in [0.05, 0.1) is 0 Å². The van der Waals surface area contributed by atoms with Crippen LogP contribution in [0.2, 0.25) is 0 Å². The summed E-state index contributed by atoms with van der Waals surface area (Å²) < 4.78 is 0. The molecule has 0 nitrogen and oxygen atoms in total. The predicted octanol–water partition coefficient (Wildman–Crippen LogP) is 8.66. The molecule has 5 rings (SSSR count). The Hall–Kier alpha value is -3.90. The van der Waals surface area contributed by atoms with Gasteiger partial charge in [-0.05, 0) is 63.6 Å². The Kier molecular flexibility index (Phi) is 5.21. The average molecular weight is 397 g/mol. The van der Waals surface area contributed by atoms with Crippen LogP contribution in [0, 0.1) is 6.92 Å². The lowest BCUT2D eigenvalue weighted by molar-refractivity contribution is 1.46. The van der Waals surface area contributed by atoms with Gasteiger partial charge < -0.3 is 0 Å². The van der Waals surface area contributed by atoms with Gasteiger partial charge in [-0.1, -0.05) is 121 Å². The first-order valence-corrected chi connectivity index (χ1v) is 10.7. The maximum absolute atomic E-state index is 2.35. The van der Waals surface area contributed by atoms with Crippen LogP contribution in [0.1, 0.15) is 5.56 Å². The lowest BCUT2D eigenvalue weighted by Gasteiger charge is -2.19. The molecule has 0 radical (unpaired) electrons. The van der Waals surface area contributed by atoms with Crippen LogP contribution < -0.4 is 0 Å². The molecule has 0 fully saturated rings. The highest BCUT2D eigenvalue weighted by molar-refractivity contribution is 5.97. The molecular weight excluding hydrogens is 372 g/mol. The molecule has 148 valence electrons. The van der Waals surface area contributed by atoms with Crippen LogP contribution in [0.5, 0.6) is 0 Å². The number of benzene rings is 5. The Balaban J connectivity index is 1.88. The fourth-order valence-electron chi connectivity index (χ4n) is 4.24. The fraction of sp³-hybridized carbons (Fsp3) is 0.0323. The molecule has 0 atom stereocenters. The molecule has 5 aromatic carbocycles. The van der Waals surface area contributed by atoms with Gasteiger partial charge in [-0.3, -0.25) is 0 Å². The van der Waals surface area contributed by atoms with Gasteiger partial charge in [0.1, 0.15) is 0 Å². The molecular formula is C31H24. The van der Waals surface area contributed by atoms with Gasteiger partial charge >= 0.3 is 0 Å². The van der Waals surface area contributed by atoms with Gasteiger partial charge in [0.2, 0.25) is 0 Å². The first-order valence-electron chi connectivity index (χ1n) is 10.7. The molecule has 0 bridgehead atoms. The maximum Gasteiger partial charge on any atom is -0.00264 e. The van der Waals surface area contributed by atoms with Gasteiger partial charge in [-0.15, -0.1) is 0 Å². The van der Waals surface area contributed by atoms with E-state index in [0.29, 0.717) is 0 Å². The van der Waals surface area contributed by atoms with Crippen molar-refractivity contribution in [1.29, 1.82) is 0 Å². The van der Waals surface area contributed by atoms with Crippen molar-refractivity contribution >= 4 is 0 Å². The maximum atomic E-state index is 2.35. The van der Waals surface area contributed by atoms with Crippen molar-refractivity contribution in [3.63, 3.8) is 0 Å². The van der Waals surface area contributed by atoms with E-state index in [0.717, 1.165) is 0 Å². The van der Waals surface area contributed by atoms with E-state index in [4.69, 9.17) is 0 Å². The highest BCUT2D eigenvalue weighted by Crippen LogP contribution is 2.43. The third kappa shape index (κ3) is 3.93. The first kappa shape index (κ1) is 19.1. The second kappa shape index (κ2) is 8.45. The molecule has 0 amide bonds. The van der Waals surface area contributed by atoms with Crippen LogP contribution in [0.15, 0.2) is 127 Å². The topological polar surface area (TPSA) is 0 Å². The Morgan fingerprint density at radius 2 is 0.839 bits per heavy atom. The minimum absolute atomic E-state index is 1.23. The summed E-state index contributed by atoms with van der Waals surface area (Å²) in [5, 5.41) is 0. The molecule has 0 saturated heterocycles. The Morgan fingerprint density at radius 1 is 0.355 bits per heavy atom. The van der Waals surface area contributed by atoms with Crippen molar-refractivity contribution in [2.24, 2.45) is 0 Å². The molecule has 0 N–H and O–H groups in total. The zero-order valence-corrected chi connectivity index (χ0v) is 17.6. The lowest BCUT2D eigenvalue weighted by Crippen LogP contribution is -1.93. The van der Waals surface area contributed by atoms with E-state index in [1.54, 1.807) is 0 Å². The zero-order valence-electron chi connectivity index (χ0n) is 17.6. The largest absolute Gasteiger partial charge is 0.0622 e. The monoisotopic (exact) mass is 396 g/mol. The van der Waals surface area contributed by atoms with Crippen molar-refractivity contribution in [2.75, 3.05) is 0 Å². The average Bonchev–Trinajstić information content (AvgIpc) is 2.85. The van der Waals surface area contributed by atoms with E-state index in [1.807, 2.05) is 0 Å². The van der Waals surface area contributed by atoms with Gasteiger partial charge in [0, 0.05) is 0 Å². The standard InChI is InChI=1S/C31H24/c1-23-12-11-19-27(20-23)30-22-28(24-13-5-2-6-14-24)21-29(25-15-7-3-8-16-25)31(30)26-17-9-4-10-18-26/h2-22H,1H3. The molecule has 31 heavy (non-hydrogen) atoms. The number of hydrogen-bond donors (Lipinski definition) is 0. The number of aryl methyl sites for hydroxylation is 1. The second-order valence-corrected chi connectivity index (χ2v) is 7.91. The molecule has 5 aromatic rings. The van der Waals surface area contributed by atoms with E-state index in [1.165, 1.54) is 50.1 Å². The van der Waals surface area contributed by atoms with Gasteiger partial charge in [-0.2, -0.15) is 0 Å². The van der Waals surface area contributed by atoms with Crippen molar-refractivity contribution < 1.29 is 0 Å². The fourth-order valence-corrected chi connectivity index (χ4v) is 4.24. The van der Waals surface area contributed by atoms with Crippen molar-refractivity contribution in [3.8, 4) is 44.5 Å². The third-order valence-electron chi connectivity index (χ3n) is 5.72. The van der Waals surface area contributed by atoms with E-state index >= 15 is 0 Å². The first-order chi connectivity index (χ1) is 15.3. The van der Waals surface area contributed by atoms with E-state index < -0.39 is 0 Å². The minimum Gasteiger partial charge on any atom is -0.0622 e. The van der Waals surface area contributed by atoms with Crippen molar-refractivity contribution in [2.45, 2.75) is 6.92 Å². The molecule has 0 heterocycles. The summed E-state index contributed by atoms with van der Waals surface area (Å²) in [6.45, 7) is 2.16. The van der Waals surface area contributed by atoms with Crippen LogP contribution in [0.4, 0.5) is 0 Å². The molecule has 0 saturated carbocycles. The van der Waals surface area contributed by atoms with Crippen LogP contribution in [0.3, 0.4) is 0 Å². The molecule has 0 spiro atoms. The van der Waals surface area contributed by atoms with Gasteiger partial charge in [0.15, 0.2) is 0 Å². The van der Waals surface area contributed by atoms with Crippen LogP contribution in [0.25, 0.3) is 44.5 Å². The van der Waals surface area contributed by atoms with E-state index in [2.05, 4.69) is 134 Å². The summed E-state index contributed by atoms with van der Waals surface area (Å²) in [5.74, 6) is 0. The van der Waals surface area contributed by atoms with Crippen LogP contribution >= 0.6 is 0 Å². The quantitative estimate of drug-likeness (QED) is 0.285. The Morgan fingerprint density at radius 3 is 1.42 bits per heavy atom. The molecule has 0 unspecified atom stereocenters. The molecule has 0 heteroatoms. The summed E-state index contributed by atoms with van der Waals surface area (Å²) in [4.78, 5) is 0. The molecule has 0 aliphatic rings. The highest BCUT2D eigenvalue weighted by Gasteiger charge is 2.16. The SMILES string of the molecule is Cc1cccc(-c2cc(-c3ccccc3)cc(-c3ccccc3)c2-c2ccccc2)c1. The summed E-state index contributed by atoms with van der Waals surface area (Å²) in [5.41, 5.74) is 11.2. The minimum atomic E-state index is 1.23. The molecule has 0 aliphatic heterocycles. The van der Waals surface area contributed by atoms with Crippen LogP contribution in [-0.4, -0.2) is 0 Å².